The van der Waals surface area contributed by atoms with Gasteiger partial charge in [-0.1, -0.05) is 20.8 Å². The molecule has 78 valence electrons. The molecule has 5 atom stereocenters. The molecule has 1 aliphatic rings. The quantitative estimate of drug-likeness (QED) is 0.688. The summed E-state index contributed by atoms with van der Waals surface area (Å²) in [7, 11) is 0. The van der Waals surface area contributed by atoms with Gasteiger partial charge >= 0.3 is 0 Å². The van der Waals surface area contributed by atoms with E-state index < -0.39 is 0 Å². The Morgan fingerprint density at radius 1 is 1.31 bits per heavy atom. The van der Waals surface area contributed by atoms with Crippen molar-refractivity contribution in [2.75, 3.05) is 6.61 Å². The maximum Gasteiger partial charge on any atom is 0.0576 e. The molecule has 2 heteroatoms. The molecule has 2 N–H and O–H groups in total. The lowest BCUT2D eigenvalue weighted by atomic mass is 9.69. The highest BCUT2D eigenvalue weighted by Crippen LogP contribution is 2.37. The molecule has 0 aromatic heterocycles. The molecule has 0 saturated heterocycles. The Bertz CT molecular complexity index is 146. The zero-order valence-corrected chi connectivity index (χ0v) is 8.90. The summed E-state index contributed by atoms with van der Waals surface area (Å²) in [6, 6.07) is 0. The van der Waals surface area contributed by atoms with Crippen LogP contribution in [-0.4, -0.2) is 22.9 Å². The van der Waals surface area contributed by atoms with Crippen molar-refractivity contribution >= 4 is 0 Å². The fourth-order valence-corrected chi connectivity index (χ4v) is 2.90. The Kier molecular flexibility index (Phi) is 3.74. The largest absolute Gasteiger partial charge is 0.396 e. The minimum absolute atomic E-state index is 0.195. The standard InChI is InChI=1S/C11H22O2/c1-7-4-8(2)11(9(3)6-12)10(13)5-7/h7-13H,4-6H2,1-3H3/t7?,8?,9?,10-,11+/m0/s1. The van der Waals surface area contributed by atoms with Crippen molar-refractivity contribution < 1.29 is 10.2 Å². The Morgan fingerprint density at radius 2 is 1.92 bits per heavy atom. The van der Waals surface area contributed by atoms with E-state index in [9.17, 15) is 5.11 Å². The van der Waals surface area contributed by atoms with Crippen molar-refractivity contribution in [1.29, 1.82) is 0 Å². The van der Waals surface area contributed by atoms with Crippen LogP contribution in [0, 0.1) is 23.7 Å². The second kappa shape index (κ2) is 4.43. The van der Waals surface area contributed by atoms with Crippen LogP contribution in [-0.2, 0) is 0 Å². The summed E-state index contributed by atoms with van der Waals surface area (Å²) >= 11 is 0. The fourth-order valence-electron chi connectivity index (χ4n) is 2.90. The first-order valence-electron chi connectivity index (χ1n) is 5.35. The van der Waals surface area contributed by atoms with Gasteiger partial charge in [0, 0.05) is 6.61 Å². The lowest BCUT2D eigenvalue weighted by molar-refractivity contribution is -0.0232. The van der Waals surface area contributed by atoms with E-state index in [4.69, 9.17) is 5.11 Å². The van der Waals surface area contributed by atoms with E-state index in [1.807, 2.05) is 6.92 Å². The summed E-state index contributed by atoms with van der Waals surface area (Å²) in [6.07, 6.45) is 1.88. The van der Waals surface area contributed by atoms with E-state index >= 15 is 0 Å². The maximum atomic E-state index is 9.90. The third kappa shape index (κ3) is 2.44. The summed E-state index contributed by atoms with van der Waals surface area (Å²) in [6.45, 7) is 6.61. The molecule has 2 nitrogen and oxygen atoms in total. The molecule has 1 fully saturated rings. The number of rotatable bonds is 2. The highest BCUT2D eigenvalue weighted by atomic mass is 16.3. The molecule has 0 amide bonds. The number of hydrogen-bond acceptors (Lipinski definition) is 2. The average Bonchev–Trinajstić information content (AvgIpc) is 2.02. The lowest BCUT2D eigenvalue weighted by Gasteiger charge is -2.39. The van der Waals surface area contributed by atoms with E-state index in [1.54, 1.807) is 0 Å². The predicted octanol–water partition coefficient (Wildman–Crippen LogP) is 1.66. The Balaban J connectivity index is 2.61. The van der Waals surface area contributed by atoms with Crippen molar-refractivity contribution in [1.82, 2.24) is 0 Å². The molecular weight excluding hydrogens is 164 g/mol. The van der Waals surface area contributed by atoms with E-state index in [2.05, 4.69) is 13.8 Å². The van der Waals surface area contributed by atoms with Gasteiger partial charge < -0.3 is 10.2 Å². The molecule has 1 aliphatic carbocycles. The second-order valence-electron chi connectivity index (χ2n) is 4.86. The van der Waals surface area contributed by atoms with Crippen LogP contribution >= 0.6 is 0 Å². The van der Waals surface area contributed by atoms with Crippen molar-refractivity contribution in [2.45, 2.75) is 39.7 Å². The molecule has 0 aromatic rings. The molecule has 1 saturated carbocycles. The molecule has 0 bridgehead atoms. The molecule has 0 aliphatic heterocycles. The van der Waals surface area contributed by atoms with Crippen molar-refractivity contribution in [3.05, 3.63) is 0 Å². The summed E-state index contributed by atoms with van der Waals surface area (Å²) in [5.41, 5.74) is 0. The molecule has 0 aromatic carbocycles. The number of aliphatic hydroxyl groups excluding tert-OH is 2. The van der Waals surface area contributed by atoms with Gasteiger partial charge in [-0.2, -0.15) is 0 Å². The predicted molar refractivity (Wildman–Crippen MR) is 53.3 cm³/mol. The van der Waals surface area contributed by atoms with E-state index in [-0.39, 0.29) is 18.6 Å². The van der Waals surface area contributed by atoms with Crippen LogP contribution in [0.2, 0.25) is 0 Å². The smallest absolute Gasteiger partial charge is 0.0576 e. The van der Waals surface area contributed by atoms with E-state index in [1.165, 1.54) is 6.42 Å². The van der Waals surface area contributed by atoms with Gasteiger partial charge in [0.2, 0.25) is 0 Å². The van der Waals surface area contributed by atoms with Gasteiger partial charge in [0.1, 0.15) is 0 Å². The third-order valence-electron chi connectivity index (χ3n) is 3.46. The zero-order chi connectivity index (χ0) is 10.0. The highest BCUT2D eigenvalue weighted by molar-refractivity contribution is 4.85. The van der Waals surface area contributed by atoms with Gasteiger partial charge in [-0.05, 0) is 36.5 Å². The molecule has 0 radical (unpaired) electrons. The molecule has 1 rings (SSSR count). The SMILES string of the molecule is CC1CC(C)[C@H](C(C)CO)[C@@H](O)C1. The third-order valence-corrected chi connectivity index (χ3v) is 3.46. The second-order valence-corrected chi connectivity index (χ2v) is 4.86. The average molecular weight is 186 g/mol. The first-order valence-corrected chi connectivity index (χ1v) is 5.35. The van der Waals surface area contributed by atoms with Crippen LogP contribution in [0.1, 0.15) is 33.6 Å². The van der Waals surface area contributed by atoms with Crippen molar-refractivity contribution in [3.63, 3.8) is 0 Å². The Morgan fingerprint density at radius 3 is 2.38 bits per heavy atom. The van der Waals surface area contributed by atoms with E-state index in [0.717, 1.165) is 6.42 Å². The monoisotopic (exact) mass is 186 g/mol. The van der Waals surface area contributed by atoms with Gasteiger partial charge in [0.25, 0.3) is 0 Å². The fraction of sp³-hybridized carbons (Fsp3) is 1.00. The first-order chi connectivity index (χ1) is 6.06. The summed E-state index contributed by atoms with van der Waals surface area (Å²) in [4.78, 5) is 0. The highest BCUT2D eigenvalue weighted by Gasteiger charge is 2.35. The van der Waals surface area contributed by atoms with Gasteiger partial charge in [-0.15, -0.1) is 0 Å². The molecule has 3 unspecified atom stereocenters. The normalized spacial score (nSPS) is 43.2. The number of hydrogen-bond donors (Lipinski definition) is 2. The maximum absolute atomic E-state index is 9.90. The minimum atomic E-state index is -0.208. The van der Waals surface area contributed by atoms with Gasteiger partial charge in [0.15, 0.2) is 0 Å². The van der Waals surface area contributed by atoms with Crippen LogP contribution in [0.15, 0.2) is 0 Å². The number of aliphatic hydroxyl groups is 2. The van der Waals surface area contributed by atoms with Gasteiger partial charge in [0.05, 0.1) is 6.10 Å². The Labute approximate surface area is 81.0 Å². The van der Waals surface area contributed by atoms with Gasteiger partial charge in [-0.3, -0.25) is 0 Å². The van der Waals surface area contributed by atoms with E-state index in [0.29, 0.717) is 17.8 Å². The van der Waals surface area contributed by atoms with Crippen LogP contribution < -0.4 is 0 Å². The van der Waals surface area contributed by atoms with Crippen LogP contribution in [0.3, 0.4) is 0 Å². The summed E-state index contributed by atoms with van der Waals surface area (Å²) in [5, 5.41) is 19.0. The van der Waals surface area contributed by atoms with Crippen molar-refractivity contribution in [3.8, 4) is 0 Å². The van der Waals surface area contributed by atoms with Crippen LogP contribution in [0.4, 0.5) is 0 Å². The van der Waals surface area contributed by atoms with Gasteiger partial charge in [-0.25, -0.2) is 0 Å². The molecule has 0 spiro atoms. The molecule has 0 heterocycles. The topological polar surface area (TPSA) is 40.5 Å². The first kappa shape index (κ1) is 11.0. The molecule has 13 heavy (non-hydrogen) atoms. The zero-order valence-electron chi connectivity index (χ0n) is 8.90. The van der Waals surface area contributed by atoms with Crippen LogP contribution in [0.25, 0.3) is 0 Å². The molecular formula is C11H22O2. The minimum Gasteiger partial charge on any atom is -0.396 e. The summed E-state index contributed by atoms with van der Waals surface area (Å²) < 4.78 is 0. The summed E-state index contributed by atoms with van der Waals surface area (Å²) in [5.74, 6) is 1.70. The Hall–Kier alpha value is -0.0800. The van der Waals surface area contributed by atoms with Crippen LogP contribution in [0.5, 0.6) is 0 Å². The lowest BCUT2D eigenvalue weighted by Crippen LogP contribution is -2.39. The van der Waals surface area contributed by atoms with Crippen molar-refractivity contribution in [2.24, 2.45) is 23.7 Å².